The molecule has 5 heteroatoms. The minimum atomic E-state index is -0.261. The van der Waals surface area contributed by atoms with E-state index < -0.39 is 0 Å². The summed E-state index contributed by atoms with van der Waals surface area (Å²) in [7, 11) is 0. The van der Waals surface area contributed by atoms with Crippen molar-refractivity contribution in [2.24, 2.45) is 0 Å². The van der Waals surface area contributed by atoms with Crippen LogP contribution in [0.15, 0.2) is 24.4 Å². The quantitative estimate of drug-likeness (QED) is 0.735. The van der Waals surface area contributed by atoms with Crippen molar-refractivity contribution >= 4 is 11.6 Å². The van der Waals surface area contributed by atoms with Gasteiger partial charge < -0.3 is 0 Å². The van der Waals surface area contributed by atoms with Gasteiger partial charge in [-0.25, -0.2) is 9.07 Å². The molecule has 3 nitrogen and oxygen atoms in total. The van der Waals surface area contributed by atoms with Crippen LogP contribution in [0.3, 0.4) is 0 Å². The van der Waals surface area contributed by atoms with Crippen molar-refractivity contribution in [3.05, 3.63) is 41.5 Å². The van der Waals surface area contributed by atoms with E-state index in [0.29, 0.717) is 17.1 Å². The average Bonchev–Trinajstić information content (AvgIpc) is 2.70. The van der Waals surface area contributed by atoms with Gasteiger partial charge in [-0.1, -0.05) is 11.3 Å². The molecule has 0 unspecified atom stereocenters. The molecule has 0 N–H and O–H groups in total. The zero-order chi connectivity index (χ0) is 10.8. The fraction of sp³-hybridized carbons (Fsp3) is 0.200. The monoisotopic (exact) mass is 225 g/mol. The van der Waals surface area contributed by atoms with Gasteiger partial charge in [-0.05, 0) is 19.1 Å². The number of rotatable bonds is 2. The van der Waals surface area contributed by atoms with E-state index in [0.717, 1.165) is 5.69 Å². The third-order valence-electron chi connectivity index (χ3n) is 2.22. The van der Waals surface area contributed by atoms with Crippen LogP contribution in [0, 0.1) is 12.7 Å². The van der Waals surface area contributed by atoms with Crippen LogP contribution in [-0.4, -0.2) is 15.0 Å². The largest absolute Gasteiger partial charge is 0.216 e. The first-order chi connectivity index (χ1) is 7.24. The van der Waals surface area contributed by atoms with Crippen LogP contribution < -0.4 is 0 Å². The van der Waals surface area contributed by atoms with Gasteiger partial charge in [-0.2, -0.15) is 0 Å². The van der Waals surface area contributed by atoms with Crippen molar-refractivity contribution < 1.29 is 4.39 Å². The number of hydrogen-bond donors (Lipinski definition) is 0. The first-order valence-corrected chi connectivity index (χ1v) is 4.98. The molecule has 0 amide bonds. The Kier molecular flexibility index (Phi) is 2.68. The number of hydrogen-bond acceptors (Lipinski definition) is 2. The molecule has 0 saturated heterocycles. The Labute approximate surface area is 91.5 Å². The topological polar surface area (TPSA) is 30.7 Å². The van der Waals surface area contributed by atoms with Gasteiger partial charge in [-0.3, -0.25) is 0 Å². The Balaban J connectivity index is 2.59. The lowest BCUT2D eigenvalue weighted by Crippen LogP contribution is -2.04. The average molecular weight is 226 g/mol. The number of benzene rings is 1. The first-order valence-electron chi connectivity index (χ1n) is 4.45. The van der Waals surface area contributed by atoms with E-state index in [4.69, 9.17) is 11.6 Å². The van der Waals surface area contributed by atoms with Gasteiger partial charge in [0.05, 0.1) is 23.5 Å². The summed E-state index contributed by atoms with van der Waals surface area (Å²) in [6.07, 6.45) is 1.57. The number of alkyl halides is 1. The third-order valence-corrected chi connectivity index (χ3v) is 2.50. The van der Waals surface area contributed by atoms with Gasteiger partial charge in [0.1, 0.15) is 5.82 Å². The Morgan fingerprint density at radius 3 is 3.00 bits per heavy atom. The lowest BCUT2D eigenvalue weighted by atomic mass is 10.2. The fourth-order valence-electron chi connectivity index (χ4n) is 1.38. The van der Waals surface area contributed by atoms with Gasteiger partial charge in [0.25, 0.3) is 0 Å². The van der Waals surface area contributed by atoms with Crippen LogP contribution in [0.5, 0.6) is 0 Å². The zero-order valence-electron chi connectivity index (χ0n) is 8.11. The summed E-state index contributed by atoms with van der Waals surface area (Å²) in [5.41, 5.74) is 1.95. The summed E-state index contributed by atoms with van der Waals surface area (Å²) in [6, 6.07) is 4.83. The van der Waals surface area contributed by atoms with Gasteiger partial charge in [-0.15, -0.1) is 16.7 Å². The van der Waals surface area contributed by atoms with Crippen LogP contribution in [0.2, 0.25) is 0 Å². The van der Waals surface area contributed by atoms with Gasteiger partial charge in [0.15, 0.2) is 0 Å². The molecule has 1 heterocycles. The first kappa shape index (κ1) is 10.1. The molecule has 15 heavy (non-hydrogen) atoms. The highest BCUT2D eigenvalue weighted by Crippen LogP contribution is 2.17. The van der Waals surface area contributed by atoms with E-state index >= 15 is 0 Å². The normalized spacial score (nSPS) is 10.6. The molecule has 0 atom stereocenters. The molecule has 0 fully saturated rings. The van der Waals surface area contributed by atoms with E-state index in [1.807, 2.05) is 0 Å². The maximum Gasteiger partial charge on any atom is 0.128 e. The van der Waals surface area contributed by atoms with Crippen molar-refractivity contribution in [2.75, 3.05) is 0 Å². The summed E-state index contributed by atoms with van der Waals surface area (Å²) in [5, 5.41) is 7.62. The predicted octanol–water partition coefficient (Wildman–Crippen LogP) is 2.45. The summed E-state index contributed by atoms with van der Waals surface area (Å²) in [5.74, 6) is 0.0340. The third kappa shape index (κ3) is 1.72. The van der Waals surface area contributed by atoms with Gasteiger partial charge in [0, 0.05) is 5.56 Å². The molecule has 0 aliphatic heterocycles. The van der Waals surface area contributed by atoms with E-state index in [1.54, 1.807) is 29.9 Å². The zero-order valence-corrected chi connectivity index (χ0v) is 8.87. The summed E-state index contributed by atoms with van der Waals surface area (Å²) < 4.78 is 14.9. The Morgan fingerprint density at radius 1 is 1.47 bits per heavy atom. The lowest BCUT2D eigenvalue weighted by molar-refractivity contribution is 0.614. The van der Waals surface area contributed by atoms with Crippen molar-refractivity contribution in [1.82, 2.24) is 15.0 Å². The van der Waals surface area contributed by atoms with Gasteiger partial charge in [0.2, 0.25) is 0 Å². The van der Waals surface area contributed by atoms with E-state index in [2.05, 4.69) is 10.3 Å². The Hall–Kier alpha value is -1.42. The number of nitrogens with zero attached hydrogens (tertiary/aromatic N) is 3. The predicted molar refractivity (Wildman–Crippen MR) is 55.6 cm³/mol. The highest BCUT2D eigenvalue weighted by Gasteiger charge is 2.09. The van der Waals surface area contributed by atoms with Crippen molar-refractivity contribution in [2.45, 2.75) is 12.8 Å². The highest BCUT2D eigenvalue weighted by atomic mass is 35.5. The van der Waals surface area contributed by atoms with E-state index in [-0.39, 0.29) is 5.82 Å². The molecule has 2 aromatic rings. The molecule has 0 radical (unpaired) electrons. The molecule has 1 aromatic carbocycles. The molecular formula is C10H9ClFN3. The van der Waals surface area contributed by atoms with Crippen molar-refractivity contribution in [1.29, 1.82) is 0 Å². The number of halogens is 2. The second-order valence-corrected chi connectivity index (χ2v) is 3.42. The summed E-state index contributed by atoms with van der Waals surface area (Å²) in [6.45, 7) is 1.70. The Bertz CT molecular complexity index is 481. The summed E-state index contributed by atoms with van der Waals surface area (Å²) in [4.78, 5) is 0. The van der Waals surface area contributed by atoms with E-state index in [9.17, 15) is 4.39 Å². The highest BCUT2D eigenvalue weighted by molar-refractivity contribution is 6.16. The molecule has 0 bridgehead atoms. The van der Waals surface area contributed by atoms with Crippen LogP contribution in [0.1, 0.15) is 11.3 Å². The SMILES string of the molecule is Cc1c(F)cccc1-n1nncc1CCl. The molecular weight excluding hydrogens is 217 g/mol. The smallest absolute Gasteiger partial charge is 0.128 e. The standard InChI is InChI=1S/C10H9ClFN3/c1-7-9(12)3-2-4-10(7)15-8(5-11)6-13-14-15/h2-4,6H,5H2,1H3. The molecule has 0 aliphatic rings. The second kappa shape index (κ2) is 3.98. The maximum atomic E-state index is 13.3. The fourth-order valence-corrected chi connectivity index (χ4v) is 1.56. The van der Waals surface area contributed by atoms with Crippen molar-refractivity contribution in [3.8, 4) is 5.69 Å². The molecule has 0 aliphatic carbocycles. The van der Waals surface area contributed by atoms with Crippen LogP contribution >= 0.6 is 11.6 Å². The molecule has 78 valence electrons. The second-order valence-electron chi connectivity index (χ2n) is 3.15. The van der Waals surface area contributed by atoms with Crippen LogP contribution in [0.4, 0.5) is 4.39 Å². The molecule has 1 aromatic heterocycles. The summed E-state index contributed by atoms with van der Waals surface area (Å²) >= 11 is 5.72. The molecule has 0 saturated carbocycles. The van der Waals surface area contributed by atoms with E-state index in [1.165, 1.54) is 6.07 Å². The van der Waals surface area contributed by atoms with Crippen LogP contribution in [0.25, 0.3) is 5.69 Å². The van der Waals surface area contributed by atoms with Crippen molar-refractivity contribution in [3.63, 3.8) is 0 Å². The minimum Gasteiger partial charge on any atom is -0.216 e. The molecule has 2 rings (SSSR count). The maximum absolute atomic E-state index is 13.3. The number of aromatic nitrogens is 3. The minimum absolute atomic E-state index is 0.261. The molecule has 0 spiro atoms. The lowest BCUT2D eigenvalue weighted by Gasteiger charge is -2.07. The Morgan fingerprint density at radius 2 is 2.27 bits per heavy atom. The van der Waals surface area contributed by atoms with Crippen LogP contribution in [-0.2, 0) is 5.88 Å². The van der Waals surface area contributed by atoms with Gasteiger partial charge >= 0.3 is 0 Å².